The van der Waals surface area contributed by atoms with Crippen LogP contribution < -0.4 is 5.32 Å². The minimum absolute atomic E-state index is 0.0650. The zero-order valence-corrected chi connectivity index (χ0v) is 16.3. The van der Waals surface area contributed by atoms with E-state index in [1.165, 1.54) is 13.3 Å². The Balaban J connectivity index is 1.75. The Morgan fingerprint density at radius 2 is 2.00 bits per heavy atom. The Morgan fingerprint density at radius 3 is 2.64 bits per heavy atom. The lowest BCUT2D eigenvalue weighted by Crippen LogP contribution is -2.30. The summed E-state index contributed by atoms with van der Waals surface area (Å²) in [6.07, 6.45) is 5.69. The van der Waals surface area contributed by atoms with Crippen molar-refractivity contribution in [3.8, 4) is 11.3 Å². The van der Waals surface area contributed by atoms with Crippen molar-refractivity contribution in [2.75, 3.05) is 12.4 Å². The van der Waals surface area contributed by atoms with Crippen molar-refractivity contribution >= 4 is 11.9 Å². The molecule has 0 spiro atoms. The van der Waals surface area contributed by atoms with Gasteiger partial charge in [-0.2, -0.15) is 0 Å². The Labute approximate surface area is 163 Å². The number of nitrogens with zero attached hydrogens (tertiary/aromatic N) is 3. The van der Waals surface area contributed by atoms with Gasteiger partial charge in [-0.1, -0.05) is 0 Å². The van der Waals surface area contributed by atoms with E-state index < -0.39 is 11.4 Å². The molecule has 8 heteroatoms. The summed E-state index contributed by atoms with van der Waals surface area (Å²) in [7, 11) is 1.41. The second kappa shape index (κ2) is 8.18. The van der Waals surface area contributed by atoms with Gasteiger partial charge in [0, 0.05) is 17.8 Å². The maximum absolute atomic E-state index is 14.4. The number of aromatic nitrogens is 3. The first-order chi connectivity index (χ1) is 13.3. The summed E-state index contributed by atoms with van der Waals surface area (Å²) in [5.74, 6) is -0.448. The van der Waals surface area contributed by atoms with Gasteiger partial charge in [0.2, 0.25) is 5.95 Å². The number of methoxy groups -OCH3 is 1. The van der Waals surface area contributed by atoms with Crippen LogP contribution >= 0.6 is 0 Å². The van der Waals surface area contributed by atoms with Gasteiger partial charge < -0.3 is 15.2 Å². The van der Waals surface area contributed by atoms with Crippen molar-refractivity contribution in [1.82, 2.24) is 15.0 Å². The Bertz CT molecular complexity index is 846. The lowest BCUT2D eigenvalue weighted by Gasteiger charge is -2.27. The second-order valence-corrected chi connectivity index (χ2v) is 7.59. The zero-order chi connectivity index (χ0) is 20.3. The molecular weight excluding hydrogens is 363 g/mol. The van der Waals surface area contributed by atoms with Crippen LogP contribution in [0, 0.1) is 11.7 Å². The lowest BCUT2D eigenvalue weighted by molar-refractivity contribution is -0.146. The van der Waals surface area contributed by atoms with E-state index in [-0.39, 0.29) is 23.6 Å². The lowest BCUT2D eigenvalue weighted by atomic mass is 9.86. The molecule has 2 N–H and O–H groups in total. The van der Waals surface area contributed by atoms with Crippen LogP contribution in [0.2, 0.25) is 0 Å². The summed E-state index contributed by atoms with van der Waals surface area (Å²) in [5.41, 5.74) is -0.0458. The van der Waals surface area contributed by atoms with E-state index in [4.69, 9.17) is 4.74 Å². The maximum Gasteiger partial charge on any atom is 0.308 e. The van der Waals surface area contributed by atoms with Crippen molar-refractivity contribution in [2.24, 2.45) is 5.92 Å². The highest BCUT2D eigenvalue weighted by Crippen LogP contribution is 2.28. The number of carbonyl (C=O) groups excluding carboxylic acids is 1. The van der Waals surface area contributed by atoms with Crippen LogP contribution in [0.15, 0.2) is 24.5 Å². The summed E-state index contributed by atoms with van der Waals surface area (Å²) in [4.78, 5) is 24.2. The normalized spacial score (nSPS) is 19.9. The molecule has 0 aromatic carbocycles. The van der Waals surface area contributed by atoms with Crippen molar-refractivity contribution in [1.29, 1.82) is 0 Å². The highest BCUT2D eigenvalue weighted by Gasteiger charge is 2.27. The predicted octanol–water partition coefficient (Wildman–Crippen LogP) is 3.05. The molecule has 0 unspecified atom stereocenters. The highest BCUT2D eigenvalue weighted by molar-refractivity contribution is 5.72. The van der Waals surface area contributed by atoms with E-state index >= 15 is 0 Å². The molecule has 1 aliphatic carbocycles. The Hall–Kier alpha value is -2.61. The van der Waals surface area contributed by atoms with Crippen molar-refractivity contribution in [3.63, 3.8) is 0 Å². The fraction of sp³-hybridized carbons (Fsp3) is 0.500. The molecule has 2 aromatic rings. The average Bonchev–Trinajstić information content (AvgIpc) is 2.69. The smallest absolute Gasteiger partial charge is 0.308 e. The molecule has 1 saturated carbocycles. The van der Waals surface area contributed by atoms with Crippen LogP contribution in [0.3, 0.4) is 0 Å². The molecule has 2 heterocycles. The molecule has 28 heavy (non-hydrogen) atoms. The van der Waals surface area contributed by atoms with Gasteiger partial charge in [0.25, 0.3) is 0 Å². The number of halogens is 1. The van der Waals surface area contributed by atoms with E-state index in [0.29, 0.717) is 17.2 Å². The SMILES string of the molecule is COC(=O)C1CCC(Nc2ncc(F)c(-c3ccnc(C(C)(C)O)c3)n2)CC1. The van der Waals surface area contributed by atoms with Crippen LogP contribution in [-0.2, 0) is 15.1 Å². The van der Waals surface area contributed by atoms with Crippen molar-refractivity contribution in [2.45, 2.75) is 51.2 Å². The molecule has 150 valence electrons. The number of pyridine rings is 1. The fourth-order valence-corrected chi connectivity index (χ4v) is 3.37. The quantitative estimate of drug-likeness (QED) is 0.760. The van der Waals surface area contributed by atoms with Crippen LogP contribution in [0.4, 0.5) is 10.3 Å². The first-order valence-corrected chi connectivity index (χ1v) is 9.34. The first kappa shape index (κ1) is 20.1. The topological polar surface area (TPSA) is 97.2 Å². The second-order valence-electron chi connectivity index (χ2n) is 7.59. The molecule has 0 saturated heterocycles. The van der Waals surface area contributed by atoms with Crippen LogP contribution in [-0.4, -0.2) is 39.2 Å². The standard InChI is InChI=1S/C20H25FN4O3/c1-20(2,27)16-10-13(8-9-22-16)17-15(21)11-23-19(25-17)24-14-6-4-12(5-7-14)18(26)28-3/h8-12,14,27H,4-7H2,1-3H3,(H,23,24,25). The highest BCUT2D eigenvalue weighted by atomic mass is 19.1. The fourth-order valence-electron chi connectivity index (χ4n) is 3.37. The number of ether oxygens (including phenoxy) is 1. The molecule has 0 radical (unpaired) electrons. The van der Waals surface area contributed by atoms with E-state index in [0.717, 1.165) is 31.9 Å². The van der Waals surface area contributed by atoms with Gasteiger partial charge in [0.15, 0.2) is 5.82 Å². The number of carbonyl (C=O) groups is 1. The summed E-state index contributed by atoms with van der Waals surface area (Å²) >= 11 is 0. The number of nitrogens with one attached hydrogen (secondary N) is 1. The van der Waals surface area contributed by atoms with Gasteiger partial charge in [0.1, 0.15) is 11.3 Å². The van der Waals surface area contributed by atoms with E-state index in [9.17, 15) is 14.3 Å². The summed E-state index contributed by atoms with van der Waals surface area (Å²) in [6.45, 7) is 3.24. The molecular formula is C20H25FN4O3. The van der Waals surface area contributed by atoms with Gasteiger partial charge >= 0.3 is 5.97 Å². The van der Waals surface area contributed by atoms with Crippen LogP contribution in [0.5, 0.6) is 0 Å². The monoisotopic (exact) mass is 388 g/mol. The third-order valence-corrected chi connectivity index (χ3v) is 5.00. The molecule has 0 bridgehead atoms. The predicted molar refractivity (Wildman–Crippen MR) is 102 cm³/mol. The maximum atomic E-state index is 14.4. The Morgan fingerprint density at radius 1 is 1.29 bits per heavy atom. The molecule has 7 nitrogen and oxygen atoms in total. The number of hydrogen-bond donors (Lipinski definition) is 2. The van der Waals surface area contributed by atoms with Gasteiger partial charge in [0.05, 0.1) is 24.9 Å². The van der Waals surface area contributed by atoms with Crippen molar-refractivity contribution < 1.29 is 19.0 Å². The summed E-state index contributed by atoms with van der Waals surface area (Å²) < 4.78 is 19.2. The minimum atomic E-state index is -1.14. The number of hydrogen-bond acceptors (Lipinski definition) is 7. The van der Waals surface area contributed by atoms with Gasteiger partial charge in [-0.05, 0) is 51.7 Å². The largest absolute Gasteiger partial charge is 0.469 e. The third kappa shape index (κ3) is 4.62. The van der Waals surface area contributed by atoms with Gasteiger partial charge in [-0.25, -0.2) is 14.4 Å². The number of anilines is 1. The molecule has 3 rings (SSSR count). The van der Waals surface area contributed by atoms with E-state index in [1.54, 1.807) is 26.0 Å². The molecule has 0 atom stereocenters. The van der Waals surface area contributed by atoms with E-state index in [1.807, 2.05) is 0 Å². The van der Waals surface area contributed by atoms with Crippen molar-refractivity contribution in [3.05, 3.63) is 36.0 Å². The average molecular weight is 388 g/mol. The van der Waals surface area contributed by atoms with E-state index in [2.05, 4.69) is 20.3 Å². The minimum Gasteiger partial charge on any atom is -0.469 e. The van der Waals surface area contributed by atoms with Gasteiger partial charge in [-0.15, -0.1) is 0 Å². The molecule has 0 aliphatic heterocycles. The number of aliphatic hydroxyl groups is 1. The summed E-state index contributed by atoms with van der Waals surface area (Å²) in [6, 6.07) is 3.38. The van der Waals surface area contributed by atoms with Crippen LogP contribution in [0.25, 0.3) is 11.3 Å². The molecule has 0 amide bonds. The Kier molecular flexibility index (Phi) is 5.88. The first-order valence-electron chi connectivity index (χ1n) is 9.34. The molecule has 2 aromatic heterocycles. The number of rotatable bonds is 5. The van der Waals surface area contributed by atoms with Crippen LogP contribution in [0.1, 0.15) is 45.2 Å². The molecule has 1 fully saturated rings. The third-order valence-electron chi connectivity index (χ3n) is 5.00. The number of esters is 1. The zero-order valence-electron chi connectivity index (χ0n) is 16.3. The van der Waals surface area contributed by atoms with Gasteiger partial charge in [-0.3, -0.25) is 9.78 Å². The molecule has 1 aliphatic rings. The summed E-state index contributed by atoms with van der Waals surface area (Å²) in [5, 5.41) is 13.4.